The summed E-state index contributed by atoms with van der Waals surface area (Å²) in [4.78, 5) is 10.8. The third-order valence-electron chi connectivity index (χ3n) is 1.94. The fraction of sp³-hybridized carbons (Fsp3) is 0.111. The molecule has 14 heavy (non-hydrogen) atoms. The zero-order chi connectivity index (χ0) is 10.3. The largest absolute Gasteiger partial charge is 0.478 e. The van der Waals surface area contributed by atoms with Crippen molar-refractivity contribution >= 4 is 32.8 Å². The number of carboxylic acids is 1. The summed E-state index contributed by atoms with van der Waals surface area (Å²) in [5.74, 6) is -0.942. The zero-order valence-electron chi connectivity index (χ0n) is 7.36. The Balaban J connectivity index is 2.76. The third kappa shape index (κ3) is 1.39. The summed E-state index contributed by atoms with van der Waals surface area (Å²) in [5, 5.41) is 13.9. The maximum Gasteiger partial charge on any atom is 0.336 e. The van der Waals surface area contributed by atoms with Crippen molar-refractivity contribution in [3.05, 3.63) is 28.4 Å². The summed E-state index contributed by atoms with van der Waals surface area (Å²) in [7, 11) is 1.80. The van der Waals surface area contributed by atoms with Crippen molar-refractivity contribution in [2.45, 2.75) is 0 Å². The van der Waals surface area contributed by atoms with Crippen LogP contribution in [0.25, 0.3) is 10.9 Å². The molecule has 0 aliphatic heterocycles. The molecule has 4 nitrogen and oxygen atoms in total. The maximum absolute atomic E-state index is 10.8. The lowest BCUT2D eigenvalue weighted by molar-refractivity contribution is 0.0696. The number of rotatable bonds is 1. The fourth-order valence-electron chi connectivity index (χ4n) is 1.33. The van der Waals surface area contributed by atoms with Crippen molar-refractivity contribution in [3.8, 4) is 0 Å². The summed E-state index contributed by atoms with van der Waals surface area (Å²) in [6.45, 7) is 0. The van der Waals surface area contributed by atoms with E-state index in [1.54, 1.807) is 30.1 Å². The van der Waals surface area contributed by atoms with Gasteiger partial charge in [0.05, 0.1) is 11.1 Å². The van der Waals surface area contributed by atoms with E-state index >= 15 is 0 Å². The molecule has 0 atom stereocenters. The Labute approximate surface area is 88.3 Å². The number of hydrogen-bond acceptors (Lipinski definition) is 2. The van der Waals surface area contributed by atoms with Crippen LogP contribution in [0, 0.1) is 0 Å². The molecule has 0 bridgehead atoms. The fourth-order valence-corrected chi connectivity index (χ4v) is 1.83. The lowest BCUT2D eigenvalue weighted by Crippen LogP contribution is -1.96. The smallest absolute Gasteiger partial charge is 0.336 e. The second-order valence-corrected chi connectivity index (χ2v) is 3.85. The Morgan fingerprint density at radius 1 is 1.57 bits per heavy atom. The number of aromatic nitrogens is 2. The van der Waals surface area contributed by atoms with Gasteiger partial charge in [-0.25, -0.2) is 4.79 Å². The van der Waals surface area contributed by atoms with Crippen LogP contribution in [0.3, 0.4) is 0 Å². The molecule has 1 aromatic heterocycles. The highest BCUT2D eigenvalue weighted by atomic mass is 79.9. The summed E-state index contributed by atoms with van der Waals surface area (Å²) in [6, 6.07) is 3.31. The first-order valence-electron chi connectivity index (χ1n) is 3.94. The van der Waals surface area contributed by atoms with Gasteiger partial charge >= 0.3 is 5.97 Å². The van der Waals surface area contributed by atoms with Crippen LogP contribution in [-0.2, 0) is 7.05 Å². The van der Waals surface area contributed by atoms with E-state index in [1.165, 1.54) is 0 Å². The molecule has 1 N–H and O–H groups in total. The first-order chi connectivity index (χ1) is 6.58. The van der Waals surface area contributed by atoms with Crippen LogP contribution < -0.4 is 0 Å². The van der Waals surface area contributed by atoms with E-state index in [2.05, 4.69) is 21.0 Å². The van der Waals surface area contributed by atoms with Gasteiger partial charge in [-0.1, -0.05) is 0 Å². The normalized spacial score (nSPS) is 10.7. The van der Waals surface area contributed by atoms with Crippen LogP contribution in [0.1, 0.15) is 10.4 Å². The third-order valence-corrected chi connectivity index (χ3v) is 2.59. The van der Waals surface area contributed by atoms with Crippen LogP contribution in [0.15, 0.2) is 22.8 Å². The highest BCUT2D eigenvalue weighted by molar-refractivity contribution is 9.10. The first kappa shape index (κ1) is 9.21. The van der Waals surface area contributed by atoms with E-state index in [4.69, 9.17) is 5.11 Å². The number of aryl methyl sites for hydroxylation is 1. The molecule has 0 aliphatic carbocycles. The maximum atomic E-state index is 10.8. The van der Waals surface area contributed by atoms with Crippen LogP contribution in [0.4, 0.5) is 0 Å². The summed E-state index contributed by atoms with van der Waals surface area (Å²) < 4.78 is 2.21. The van der Waals surface area contributed by atoms with Gasteiger partial charge in [0.15, 0.2) is 0 Å². The van der Waals surface area contributed by atoms with E-state index in [0.29, 0.717) is 4.47 Å². The number of nitrogens with zero attached hydrogens (tertiary/aromatic N) is 2. The van der Waals surface area contributed by atoms with Gasteiger partial charge in [0, 0.05) is 23.1 Å². The van der Waals surface area contributed by atoms with E-state index in [1.807, 2.05) is 0 Å². The number of aromatic carboxylic acids is 1. The minimum Gasteiger partial charge on any atom is -0.478 e. The van der Waals surface area contributed by atoms with Crippen LogP contribution >= 0.6 is 15.9 Å². The van der Waals surface area contributed by atoms with Crippen molar-refractivity contribution in [2.24, 2.45) is 7.05 Å². The van der Waals surface area contributed by atoms with Gasteiger partial charge in [-0.05, 0) is 28.1 Å². The van der Waals surface area contributed by atoms with E-state index < -0.39 is 5.97 Å². The molecule has 0 aliphatic rings. The van der Waals surface area contributed by atoms with Gasteiger partial charge in [0.1, 0.15) is 0 Å². The molecule has 0 radical (unpaired) electrons. The Bertz CT molecular complexity index is 519. The minimum atomic E-state index is -0.942. The molecule has 0 unspecified atom stereocenters. The SMILES string of the molecule is Cn1cc2cc(C(=O)O)c(Br)cc2n1. The average Bonchev–Trinajstić information content (AvgIpc) is 2.42. The van der Waals surface area contributed by atoms with Gasteiger partial charge in [-0.2, -0.15) is 5.10 Å². The molecule has 5 heteroatoms. The molecule has 2 aromatic rings. The molecule has 1 aromatic carbocycles. The van der Waals surface area contributed by atoms with E-state index in [0.717, 1.165) is 10.9 Å². The number of fused-ring (bicyclic) bond motifs is 1. The Morgan fingerprint density at radius 2 is 2.29 bits per heavy atom. The van der Waals surface area contributed by atoms with E-state index in [-0.39, 0.29) is 5.56 Å². The zero-order valence-corrected chi connectivity index (χ0v) is 8.95. The molecule has 0 amide bonds. The van der Waals surface area contributed by atoms with Gasteiger partial charge < -0.3 is 5.11 Å². The molecule has 2 rings (SSSR count). The topological polar surface area (TPSA) is 55.1 Å². The number of carboxylic acid groups (broad SMARTS) is 1. The monoisotopic (exact) mass is 254 g/mol. The van der Waals surface area contributed by atoms with Crippen LogP contribution in [0.2, 0.25) is 0 Å². The van der Waals surface area contributed by atoms with Crippen LogP contribution in [-0.4, -0.2) is 20.9 Å². The first-order valence-corrected chi connectivity index (χ1v) is 4.73. The standard InChI is InChI=1S/C9H7BrN2O2/c1-12-4-5-2-6(9(13)14)7(10)3-8(5)11-12/h2-4H,1H3,(H,13,14). The van der Waals surface area contributed by atoms with Crippen LogP contribution in [0.5, 0.6) is 0 Å². The number of hydrogen-bond donors (Lipinski definition) is 1. The van der Waals surface area contributed by atoms with Crippen molar-refractivity contribution < 1.29 is 9.90 Å². The molecule has 0 spiro atoms. The molecule has 0 saturated carbocycles. The number of carbonyl (C=O) groups is 1. The van der Waals surface area contributed by atoms with Gasteiger partial charge in [-0.3, -0.25) is 4.68 Å². The summed E-state index contributed by atoms with van der Waals surface area (Å²) in [6.07, 6.45) is 1.79. The van der Waals surface area contributed by atoms with Gasteiger partial charge in [-0.15, -0.1) is 0 Å². The quantitative estimate of drug-likeness (QED) is 0.848. The lowest BCUT2D eigenvalue weighted by Gasteiger charge is -1.97. The number of halogens is 1. The van der Waals surface area contributed by atoms with Crippen molar-refractivity contribution in [1.82, 2.24) is 9.78 Å². The number of benzene rings is 1. The average molecular weight is 255 g/mol. The van der Waals surface area contributed by atoms with Gasteiger partial charge in [0.25, 0.3) is 0 Å². The Kier molecular flexibility index (Phi) is 2.03. The van der Waals surface area contributed by atoms with Crippen molar-refractivity contribution in [3.63, 3.8) is 0 Å². The molecular weight excluding hydrogens is 248 g/mol. The lowest BCUT2D eigenvalue weighted by atomic mass is 10.2. The van der Waals surface area contributed by atoms with Gasteiger partial charge in [0.2, 0.25) is 0 Å². The summed E-state index contributed by atoms with van der Waals surface area (Å²) in [5.41, 5.74) is 1.04. The summed E-state index contributed by atoms with van der Waals surface area (Å²) >= 11 is 3.20. The Hall–Kier alpha value is -1.36. The highest BCUT2D eigenvalue weighted by Crippen LogP contribution is 2.23. The second kappa shape index (κ2) is 3.09. The minimum absolute atomic E-state index is 0.255. The predicted octanol–water partition coefficient (Wildman–Crippen LogP) is 2.03. The molecule has 72 valence electrons. The molecule has 0 saturated heterocycles. The second-order valence-electron chi connectivity index (χ2n) is 3.00. The molecular formula is C9H7BrN2O2. The highest BCUT2D eigenvalue weighted by Gasteiger charge is 2.10. The van der Waals surface area contributed by atoms with E-state index in [9.17, 15) is 4.79 Å². The van der Waals surface area contributed by atoms with Crippen molar-refractivity contribution in [2.75, 3.05) is 0 Å². The molecule has 0 fully saturated rings. The molecule has 1 heterocycles. The van der Waals surface area contributed by atoms with Crippen molar-refractivity contribution in [1.29, 1.82) is 0 Å². The Morgan fingerprint density at radius 3 is 2.93 bits per heavy atom. The predicted molar refractivity (Wildman–Crippen MR) is 55.4 cm³/mol.